The summed E-state index contributed by atoms with van der Waals surface area (Å²) in [4.78, 5) is 0.421. The quantitative estimate of drug-likeness (QED) is 0.219. The van der Waals surface area contributed by atoms with E-state index in [0.717, 1.165) is 22.3 Å². The normalized spacial score (nSPS) is 14.1. The van der Waals surface area contributed by atoms with Gasteiger partial charge in [0.2, 0.25) is 19.7 Å². The molecule has 0 spiro atoms. The SMILES string of the molecule is Cc1cc(S(=O)(=O)c2c(C)cc(-c3c4cccc3COc3ccccc3S(=O)(=O)c3ccccc3OC4)cc2C)cc(C)c1O. The molecule has 5 aromatic rings. The van der Waals surface area contributed by atoms with Crippen LogP contribution in [0.25, 0.3) is 11.1 Å². The lowest BCUT2D eigenvalue weighted by molar-refractivity contribution is 0.290. The van der Waals surface area contributed by atoms with E-state index in [-0.39, 0.29) is 50.0 Å². The highest BCUT2D eigenvalue weighted by atomic mass is 32.2. The fourth-order valence-corrected chi connectivity index (χ4v) is 9.39. The van der Waals surface area contributed by atoms with Gasteiger partial charge in [-0.2, -0.15) is 0 Å². The summed E-state index contributed by atoms with van der Waals surface area (Å²) in [5, 5.41) is 10.2. The van der Waals surface area contributed by atoms with Gasteiger partial charge in [-0.25, -0.2) is 16.8 Å². The van der Waals surface area contributed by atoms with Gasteiger partial charge in [-0.05, 0) is 109 Å². The molecule has 45 heavy (non-hydrogen) atoms. The lowest BCUT2D eigenvalue weighted by atomic mass is 9.92. The van der Waals surface area contributed by atoms with Crippen molar-refractivity contribution >= 4 is 19.7 Å². The van der Waals surface area contributed by atoms with Gasteiger partial charge < -0.3 is 14.6 Å². The molecule has 0 saturated carbocycles. The highest BCUT2D eigenvalue weighted by Gasteiger charge is 2.28. The molecule has 0 aliphatic carbocycles. The third kappa shape index (κ3) is 5.36. The van der Waals surface area contributed by atoms with E-state index in [9.17, 15) is 21.9 Å². The minimum Gasteiger partial charge on any atom is -0.507 e. The zero-order chi connectivity index (χ0) is 32.1. The summed E-state index contributed by atoms with van der Waals surface area (Å²) in [6.07, 6.45) is 0. The summed E-state index contributed by atoms with van der Waals surface area (Å²) in [6.45, 7) is 7.04. The van der Waals surface area contributed by atoms with Crippen LogP contribution in [-0.2, 0) is 32.9 Å². The minimum atomic E-state index is -3.95. The van der Waals surface area contributed by atoms with Gasteiger partial charge in [0.05, 0.1) is 9.79 Å². The number of hydrogen-bond acceptors (Lipinski definition) is 7. The van der Waals surface area contributed by atoms with Crippen LogP contribution in [0.2, 0.25) is 0 Å². The molecule has 0 aromatic heterocycles. The van der Waals surface area contributed by atoms with Gasteiger partial charge in [0.25, 0.3) is 0 Å². The third-order valence-corrected chi connectivity index (χ3v) is 11.9. The van der Waals surface area contributed by atoms with Crippen LogP contribution in [0.1, 0.15) is 33.4 Å². The van der Waals surface area contributed by atoms with Crippen molar-refractivity contribution in [2.75, 3.05) is 0 Å². The van der Waals surface area contributed by atoms with Crippen molar-refractivity contribution in [1.82, 2.24) is 0 Å². The first-order valence-corrected chi connectivity index (χ1v) is 17.3. The Balaban J connectivity index is 1.51. The average Bonchev–Trinajstić information content (AvgIpc) is 3.00. The monoisotopic (exact) mass is 640 g/mol. The topological polar surface area (TPSA) is 107 Å². The maximum Gasteiger partial charge on any atom is 0.213 e. The number of hydrogen-bond donors (Lipinski definition) is 1. The highest BCUT2D eigenvalue weighted by molar-refractivity contribution is 7.92. The van der Waals surface area contributed by atoms with Crippen LogP contribution < -0.4 is 9.47 Å². The maximum atomic E-state index is 13.9. The molecule has 1 heterocycles. The van der Waals surface area contributed by atoms with E-state index in [0.29, 0.717) is 22.3 Å². The summed E-state index contributed by atoms with van der Waals surface area (Å²) in [5.74, 6) is 0.517. The Kier molecular flexibility index (Phi) is 7.71. The molecule has 1 aliphatic rings. The summed E-state index contributed by atoms with van der Waals surface area (Å²) in [5.41, 5.74) is 5.30. The number of para-hydroxylation sites is 2. The van der Waals surface area contributed by atoms with Crippen molar-refractivity contribution in [3.05, 3.63) is 124 Å². The molecule has 9 heteroatoms. The number of aryl methyl sites for hydroxylation is 4. The number of aromatic hydroxyl groups is 1. The molecule has 1 aliphatic heterocycles. The molecule has 5 aromatic carbocycles. The van der Waals surface area contributed by atoms with Crippen LogP contribution >= 0.6 is 0 Å². The van der Waals surface area contributed by atoms with Crippen molar-refractivity contribution in [2.24, 2.45) is 0 Å². The Hall–Kier alpha value is -4.60. The Morgan fingerprint density at radius 1 is 0.644 bits per heavy atom. The van der Waals surface area contributed by atoms with Crippen LogP contribution in [0.15, 0.2) is 111 Å². The molecule has 0 amide bonds. The van der Waals surface area contributed by atoms with Crippen molar-refractivity contribution < 1.29 is 31.4 Å². The summed E-state index contributed by atoms with van der Waals surface area (Å²) in [6, 6.07) is 25.5. The second-order valence-electron chi connectivity index (χ2n) is 11.3. The van der Waals surface area contributed by atoms with Crippen molar-refractivity contribution in [3.63, 3.8) is 0 Å². The van der Waals surface area contributed by atoms with Crippen LogP contribution in [0.4, 0.5) is 0 Å². The maximum absolute atomic E-state index is 13.9. The standard InChI is InChI=1S/C36H32O7S2/c1-22-18-29(19-23(2)35(22)37)44(38,39)36-24(3)16-28(17-25(36)4)34-26-10-9-11-27(34)21-43-31-13-6-8-15-33(31)45(40,41)32-14-7-5-12-30(32)42-20-26/h5-19,37H,20-21H2,1-4H3. The van der Waals surface area contributed by atoms with E-state index < -0.39 is 19.7 Å². The van der Waals surface area contributed by atoms with Gasteiger partial charge in [-0.3, -0.25) is 0 Å². The Bertz CT molecular complexity index is 2080. The summed E-state index contributed by atoms with van der Waals surface area (Å²) < 4.78 is 67.7. The zero-order valence-electron chi connectivity index (χ0n) is 25.3. The molecule has 1 N–H and O–H groups in total. The van der Waals surface area contributed by atoms with Crippen molar-refractivity contribution in [3.8, 4) is 28.4 Å². The fraction of sp³-hybridized carbons (Fsp3) is 0.167. The van der Waals surface area contributed by atoms with E-state index in [1.165, 1.54) is 24.3 Å². The number of rotatable bonds is 3. The Morgan fingerprint density at radius 3 is 1.60 bits per heavy atom. The largest absolute Gasteiger partial charge is 0.507 e. The molecule has 0 atom stereocenters. The van der Waals surface area contributed by atoms with E-state index >= 15 is 0 Å². The number of phenolic OH excluding ortho intramolecular Hbond substituents is 1. The molecule has 7 nitrogen and oxygen atoms in total. The van der Waals surface area contributed by atoms with E-state index in [1.807, 2.05) is 30.3 Å². The predicted octanol–water partition coefficient (Wildman–Crippen LogP) is 7.43. The van der Waals surface area contributed by atoms with Gasteiger partial charge in [0, 0.05) is 0 Å². The van der Waals surface area contributed by atoms with E-state index in [4.69, 9.17) is 9.47 Å². The van der Waals surface area contributed by atoms with Gasteiger partial charge in [0.1, 0.15) is 40.3 Å². The molecule has 0 fully saturated rings. The first-order chi connectivity index (χ1) is 21.4. The fourth-order valence-electron chi connectivity index (χ4n) is 5.98. The smallest absolute Gasteiger partial charge is 0.213 e. The molecular weight excluding hydrogens is 609 g/mol. The molecule has 6 rings (SSSR count). The summed E-state index contributed by atoms with van der Waals surface area (Å²) in [7, 11) is -7.85. The Morgan fingerprint density at radius 2 is 1.11 bits per heavy atom. The molecule has 2 bridgehead atoms. The van der Waals surface area contributed by atoms with Crippen molar-refractivity contribution in [1.29, 1.82) is 0 Å². The lowest BCUT2D eigenvalue weighted by Gasteiger charge is -2.21. The van der Waals surface area contributed by atoms with Crippen LogP contribution in [0, 0.1) is 27.7 Å². The molecule has 0 saturated heterocycles. The van der Waals surface area contributed by atoms with Crippen molar-refractivity contribution in [2.45, 2.75) is 60.5 Å². The number of phenols is 1. The first kappa shape index (κ1) is 30.4. The molecule has 230 valence electrons. The third-order valence-electron chi connectivity index (χ3n) is 8.07. The predicted molar refractivity (Wildman–Crippen MR) is 171 cm³/mol. The van der Waals surface area contributed by atoms with E-state index in [2.05, 4.69) is 0 Å². The Labute approximate surface area is 263 Å². The van der Waals surface area contributed by atoms with Gasteiger partial charge in [-0.1, -0.05) is 54.6 Å². The highest BCUT2D eigenvalue weighted by Crippen LogP contribution is 2.39. The van der Waals surface area contributed by atoms with E-state index in [1.54, 1.807) is 64.1 Å². The van der Waals surface area contributed by atoms with Gasteiger partial charge in [0.15, 0.2) is 0 Å². The summed E-state index contributed by atoms with van der Waals surface area (Å²) >= 11 is 0. The van der Waals surface area contributed by atoms with Gasteiger partial charge in [-0.15, -0.1) is 0 Å². The van der Waals surface area contributed by atoms with Crippen LogP contribution in [0.3, 0.4) is 0 Å². The second-order valence-corrected chi connectivity index (χ2v) is 15.0. The van der Waals surface area contributed by atoms with Crippen LogP contribution in [0.5, 0.6) is 17.2 Å². The molecule has 0 radical (unpaired) electrons. The van der Waals surface area contributed by atoms with Crippen LogP contribution in [-0.4, -0.2) is 21.9 Å². The molecular formula is C36H32O7S2. The minimum absolute atomic E-state index is 0.0419. The number of fused-ring (bicyclic) bond motifs is 4. The average molecular weight is 641 g/mol. The second kappa shape index (κ2) is 11.4. The molecule has 0 unspecified atom stereocenters. The zero-order valence-corrected chi connectivity index (χ0v) is 26.9. The lowest BCUT2D eigenvalue weighted by Crippen LogP contribution is -2.11. The number of ether oxygens (including phenoxy) is 2. The van der Waals surface area contributed by atoms with Gasteiger partial charge >= 0.3 is 0 Å². The number of benzene rings is 5. The number of sulfone groups is 2. The first-order valence-electron chi connectivity index (χ1n) is 14.4.